The predicted molar refractivity (Wildman–Crippen MR) is 87.7 cm³/mol. The SMILES string of the molecule is O=C(CCc1ccc2c(c1)OCO2)N1Cc2ccccc2[C@@H](O)C1. The van der Waals surface area contributed by atoms with Crippen molar-refractivity contribution >= 4 is 5.91 Å². The molecule has 0 saturated carbocycles. The van der Waals surface area contributed by atoms with E-state index < -0.39 is 6.10 Å². The van der Waals surface area contributed by atoms with Crippen molar-refractivity contribution in [2.45, 2.75) is 25.5 Å². The van der Waals surface area contributed by atoms with Crippen LogP contribution in [0.5, 0.6) is 11.5 Å². The number of benzene rings is 2. The number of carbonyl (C=O) groups is 1. The van der Waals surface area contributed by atoms with Crippen LogP contribution in [0.2, 0.25) is 0 Å². The molecule has 124 valence electrons. The lowest BCUT2D eigenvalue weighted by molar-refractivity contribution is -0.134. The zero-order valence-corrected chi connectivity index (χ0v) is 13.3. The zero-order chi connectivity index (χ0) is 16.5. The van der Waals surface area contributed by atoms with Crippen LogP contribution in [0.25, 0.3) is 0 Å². The molecule has 2 aliphatic heterocycles. The van der Waals surface area contributed by atoms with Gasteiger partial charge >= 0.3 is 0 Å². The fourth-order valence-corrected chi connectivity index (χ4v) is 3.28. The summed E-state index contributed by atoms with van der Waals surface area (Å²) in [7, 11) is 0. The Balaban J connectivity index is 1.40. The second-order valence-corrected chi connectivity index (χ2v) is 6.18. The number of ether oxygens (including phenoxy) is 2. The van der Waals surface area contributed by atoms with Gasteiger partial charge in [0.15, 0.2) is 11.5 Å². The first-order chi connectivity index (χ1) is 11.7. The first-order valence-electron chi connectivity index (χ1n) is 8.13. The van der Waals surface area contributed by atoms with Crippen molar-refractivity contribution in [2.24, 2.45) is 0 Å². The van der Waals surface area contributed by atoms with E-state index in [9.17, 15) is 9.90 Å². The number of nitrogens with zero attached hydrogens (tertiary/aromatic N) is 1. The molecule has 2 aromatic rings. The Morgan fingerprint density at radius 1 is 1.17 bits per heavy atom. The zero-order valence-electron chi connectivity index (χ0n) is 13.3. The number of aliphatic hydroxyl groups excluding tert-OH is 1. The van der Waals surface area contributed by atoms with Gasteiger partial charge in [0.1, 0.15) is 0 Å². The highest BCUT2D eigenvalue weighted by atomic mass is 16.7. The van der Waals surface area contributed by atoms with Gasteiger partial charge in [-0.15, -0.1) is 0 Å². The minimum absolute atomic E-state index is 0.0567. The largest absolute Gasteiger partial charge is 0.454 e. The van der Waals surface area contributed by atoms with Crippen molar-refractivity contribution < 1.29 is 19.4 Å². The number of rotatable bonds is 3. The monoisotopic (exact) mass is 325 g/mol. The molecule has 2 heterocycles. The van der Waals surface area contributed by atoms with Crippen LogP contribution in [0.1, 0.15) is 29.2 Å². The first kappa shape index (κ1) is 15.0. The van der Waals surface area contributed by atoms with E-state index in [1.165, 1.54) is 0 Å². The molecule has 5 heteroatoms. The Morgan fingerprint density at radius 2 is 2.00 bits per heavy atom. The number of fused-ring (bicyclic) bond motifs is 2. The van der Waals surface area contributed by atoms with Gasteiger partial charge in [0.05, 0.1) is 12.6 Å². The lowest BCUT2D eigenvalue weighted by Gasteiger charge is -2.32. The van der Waals surface area contributed by atoms with Gasteiger partial charge in [-0.25, -0.2) is 0 Å². The van der Waals surface area contributed by atoms with Crippen LogP contribution < -0.4 is 9.47 Å². The van der Waals surface area contributed by atoms with Crippen molar-refractivity contribution in [3.63, 3.8) is 0 Å². The molecule has 0 spiro atoms. The molecule has 1 amide bonds. The van der Waals surface area contributed by atoms with Gasteiger partial charge in [-0.05, 0) is 35.2 Å². The second-order valence-electron chi connectivity index (χ2n) is 6.18. The maximum Gasteiger partial charge on any atom is 0.231 e. The highest BCUT2D eigenvalue weighted by molar-refractivity contribution is 5.77. The minimum Gasteiger partial charge on any atom is -0.454 e. The normalized spacial score (nSPS) is 18.4. The number of aliphatic hydroxyl groups is 1. The third kappa shape index (κ3) is 2.83. The van der Waals surface area contributed by atoms with Gasteiger partial charge in [-0.3, -0.25) is 4.79 Å². The molecule has 0 fully saturated rings. The quantitative estimate of drug-likeness (QED) is 0.941. The number of carbonyl (C=O) groups excluding carboxylic acids is 1. The summed E-state index contributed by atoms with van der Waals surface area (Å²) in [5.41, 5.74) is 3.00. The van der Waals surface area contributed by atoms with E-state index in [0.717, 1.165) is 28.2 Å². The smallest absolute Gasteiger partial charge is 0.231 e. The molecule has 2 aromatic carbocycles. The van der Waals surface area contributed by atoms with Crippen molar-refractivity contribution in [1.29, 1.82) is 0 Å². The van der Waals surface area contributed by atoms with E-state index in [4.69, 9.17) is 9.47 Å². The Labute approximate surface area is 140 Å². The van der Waals surface area contributed by atoms with Crippen LogP contribution in [-0.4, -0.2) is 29.3 Å². The number of aryl methyl sites for hydroxylation is 1. The first-order valence-corrected chi connectivity index (χ1v) is 8.13. The number of hydrogen-bond donors (Lipinski definition) is 1. The highest BCUT2D eigenvalue weighted by Crippen LogP contribution is 2.33. The second kappa shape index (κ2) is 6.17. The van der Waals surface area contributed by atoms with Crippen molar-refractivity contribution in [3.05, 3.63) is 59.2 Å². The topological polar surface area (TPSA) is 59.0 Å². The average Bonchev–Trinajstić information content (AvgIpc) is 3.07. The van der Waals surface area contributed by atoms with Crippen LogP contribution >= 0.6 is 0 Å². The Morgan fingerprint density at radius 3 is 2.92 bits per heavy atom. The van der Waals surface area contributed by atoms with E-state index in [1.807, 2.05) is 42.5 Å². The van der Waals surface area contributed by atoms with Gasteiger partial charge in [0, 0.05) is 13.0 Å². The fourth-order valence-electron chi connectivity index (χ4n) is 3.28. The molecule has 0 bridgehead atoms. The van der Waals surface area contributed by atoms with Gasteiger partial charge in [-0.1, -0.05) is 30.3 Å². The molecule has 4 rings (SSSR count). The molecule has 0 radical (unpaired) electrons. The van der Waals surface area contributed by atoms with Crippen molar-refractivity contribution in [2.75, 3.05) is 13.3 Å². The van der Waals surface area contributed by atoms with E-state index in [1.54, 1.807) is 4.90 Å². The number of amides is 1. The predicted octanol–water partition coefficient (Wildman–Crippen LogP) is 2.42. The third-order valence-electron chi connectivity index (χ3n) is 4.59. The van der Waals surface area contributed by atoms with E-state index >= 15 is 0 Å². The maximum atomic E-state index is 12.5. The molecule has 2 aliphatic rings. The molecule has 0 aromatic heterocycles. The number of hydrogen-bond acceptors (Lipinski definition) is 4. The minimum atomic E-state index is -0.607. The molecule has 5 nitrogen and oxygen atoms in total. The summed E-state index contributed by atoms with van der Waals surface area (Å²) in [5, 5.41) is 10.2. The summed E-state index contributed by atoms with van der Waals surface area (Å²) in [6.45, 7) is 1.17. The average molecular weight is 325 g/mol. The van der Waals surface area contributed by atoms with Crippen LogP contribution in [-0.2, 0) is 17.8 Å². The summed E-state index contributed by atoms with van der Waals surface area (Å²) in [5.74, 6) is 1.55. The Kier molecular flexibility index (Phi) is 3.86. The summed E-state index contributed by atoms with van der Waals surface area (Å²) in [6, 6.07) is 13.5. The Bertz CT molecular complexity index is 774. The van der Waals surface area contributed by atoms with Crippen LogP contribution in [0.15, 0.2) is 42.5 Å². The number of β-amino-alcohol motifs (C(OH)–C–C–N with tert-alkyl or cyclic N) is 1. The van der Waals surface area contributed by atoms with Gasteiger partial charge in [0.2, 0.25) is 12.7 Å². The third-order valence-corrected chi connectivity index (χ3v) is 4.59. The molecule has 24 heavy (non-hydrogen) atoms. The van der Waals surface area contributed by atoms with Crippen LogP contribution in [0.3, 0.4) is 0 Å². The molecule has 0 unspecified atom stereocenters. The summed E-state index contributed by atoms with van der Waals surface area (Å²) in [4.78, 5) is 14.3. The van der Waals surface area contributed by atoms with Crippen LogP contribution in [0.4, 0.5) is 0 Å². The highest BCUT2D eigenvalue weighted by Gasteiger charge is 2.26. The van der Waals surface area contributed by atoms with E-state index in [0.29, 0.717) is 25.9 Å². The maximum absolute atomic E-state index is 12.5. The van der Waals surface area contributed by atoms with E-state index in [-0.39, 0.29) is 12.7 Å². The van der Waals surface area contributed by atoms with Crippen molar-refractivity contribution in [3.8, 4) is 11.5 Å². The summed E-state index contributed by atoms with van der Waals surface area (Å²) in [6.07, 6.45) is 0.447. The van der Waals surface area contributed by atoms with E-state index in [2.05, 4.69) is 0 Å². The summed E-state index contributed by atoms with van der Waals surface area (Å²) < 4.78 is 10.7. The van der Waals surface area contributed by atoms with Crippen molar-refractivity contribution in [1.82, 2.24) is 4.90 Å². The molecule has 1 N–H and O–H groups in total. The standard InChI is InChI=1S/C19H19NO4/c21-16-11-20(10-14-3-1-2-4-15(14)16)19(22)8-6-13-5-7-17-18(9-13)24-12-23-17/h1-5,7,9,16,21H,6,8,10-12H2/t16-/m0/s1. The summed E-state index contributed by atoms with van der Waals surface area (Å²) >= 11 is 0. The fraction of sp³-hybridized carbons (Fsp3) is 0.316. The van der Waals surface area contributed by atoms with Crippen LogP contribution in [0, 0.1) is 0 Å². The van der Waals surface area contributed by atoms with Gasteiger partial charge in [0.25, 0.3) is 0 Å². The Hall–Kier alpha value is -2.53. The molecular weight excluding hydrogens is 306 g/mol. The van der Waals surface area contributed by atoms with Gasteiger partial charge in [-0.2, -0.15) is 0 Å². The van der Waals surface area contributed by atoms with Gasteiger partial charge < -0.3 is 19.5 Å². The lowest BCUT2D eigenvalue weighted by atomic mass is 9.97. The lowest BCUT2D eigenvalue weighted by Crippen LogP contribution is -2.38. The molecule has 0 aliphatic carbocycles. The molecule has 0 saturated heterocycles. The molecule has 1 atom stereocenters. The molecular formula is C19H19NO4.